The van der Waals surface area contributed by atoms with Gasteiger partial charge in [0.2, 0.25) is 0 Å². The summed E-state index contributed by atoms with van der Waals surface area (Å²) in [6, 6.07) is 5.53. The molecule has 0 saturated heterocycles. The molecule has 0 aliphatic heterocycles. The number of aromatic nitrogens is 2. The number of aryl methyl sites for hydroxylation is 2. The molecule has 0 amide bonds. The Balaban J connectivity index is 1.67. The van der Waals surface area contributed by atoms with E-state index in [1.54, 1.807) is 10.7 Å². The molecule has 0 radical (unpaired) electrons. The first-order chi connectivity index (χ1) is 11.0. The highest BCUT2D eigenvalue weighted by Gasteiger charge is 2.13. The van der Waals surface area contributed by atoms with Crippen LogP contribution in [-0.2, 0) is 20.1 Å². The molecular weight excluding hydrogens is 314 g/mol. The molecule has 6 nitrogen and oxygen atoms in total. The number of nitrogens with one attached hydrogen (secondary N) is 1. The zero-order chi connectivity index (χ0) is 16.4. The summed E-state index contributed by atoms with van der Waals surface area (Å²) in [5.41, 5.74) is 2.83. The van der Waals surface area contributed by atoms with Gasteiger partial charge < -0.3 is 14.8 Å². The molecule has 23 heavy (non-hydrogen) atoms. The van der Waals surface area contributed by atoms with Crippen molar-refractivity contribution in [1.82, 2.24) is 15.1 Å². The minimum absolute atomic E-state index is 0.356. The molecule has 0 fully saturated rings. The van der Waals surface area contributed by atoms with Crippen LogP contribution < -0.4 is 5.32 Å². The van der Waals surface area contributed by atoms with Crippen molar-refractivity contribution in [3.8, 4) is 11.5 Å². The molecule has 3 rings (SSSR count). The van der Waals surface area contributed by atoms with Crippen molar-refractivity contribution >= 4 is 17.3 Å². The molecule has 0 saturated carbocycles. The van der Waals surface area contributed by atoms with Gasteiger partial charge in [0.1, 0.15) is 16.3 Å². The fourth-order valence-electron chi connectivity index (χ4n) is 2.36. The third kappa shape index (κ3) is 3.52. The number of thiophene rings is 1. The van der Waals surface area contributed by atoms with Crippen LogP contribution in [0, 0.1) is 6.92 Å². The fraction of sp³-hybridized carbons (Fsp3) is 0.250. The van der Waals surface area contributed by atoms with E-state index in [9.17, 15) is 4.79 Å². The average molecular weight is 331 g/mol. The Labute approximate surface area is 137 Å². The van der Waals surface area contributed by atoms with E-state index in [1.807, 2.05) is 37.7 Å². The second-order valence-corrected chi connectivity index (χ2v) is 6.23. The zero-order valence-electron chi connectivity index (χ0n) is 12.9. The number of nitrogens with zero attached hydrogens (tertiary/aromatic N) is 2. The fourth-order valence-corrected chi connectivity index (χ4v) is 3.11. The van der Waals surface area contributed by atoms with Gasteiger partial charge in [-0.3, -0.25) is 4.68 Å². The number of furan rings is 1. The van der Waals surface area contributed by atoms with E-state index in [1.165, 1.54) is 11.3 Å². The van der Waals surface area contributed by atoms with E-state index >= 15 is 0 Å². The van der Waals surface area contributed by atoms with Gasteiger partial charge in [0.05, 0.1) is 0 Å². The Morgan fingerprint density at radius 2 is 2.26 bits per heavy atom. The van der Waals surface area contributed by atoms with Gasteiger partial charge in [0.15, 0.2) is 5.76 Å². The summed E-state index contributed by atoms with van der Waals surface area (Å²) < 4.78 is 7.41. The van der Waals surface area contributed by atoms with Crippen LogP contribution in [0.25, 0.3) is 11.5 Å². The van der Waals surface area contributed by atoms with E-state index in [0.29, 0.717) is 18.0 Å². The molecule has 0 aromatic carbocycles. The average Bonchev–Trinajstić information content (AvgIpc) is 3.19. The maximum absolute atomic E-state index is 10.9. The Morgan fingerprint density at radius 3 is 2.91 bits per heavy atom. The normalized spacial score (nSPS) is 11.0. The van der Waals surface area contributed by atoms with Crippen LogP contribution in [0.1, 0.15) is 26.6 Å². The van der Waals surface area contributed by atoms with Crippen molar-refractivity contribution in [2.75, 3.05) is 0 Å². The van der Waals surface area contributed by atoms with Crippen molar-refractivity contribution in [2.24, 2.45) is 7.05 Å². The SMILES string of the molecule is Cc1ccc(-c2nn(C)cc2CNCc2csc(C(=O)O)c2)o1. The Kier molecular flexibility index (Phi) is 4.31. The predicted octanol–water partition coefficient (Wildman–Crippen LogP) is 3.04. The number of rotatable bonds is 6. The van der Waals surface area contributed by atoms with Crippen LogP contribution >= 0.6 is 11.3 Å². The van der Waals surface area contributed by atoms with Crippen molar-refractivity contribution < 1.29 is 14.3 Å². The summed E-state index contributed by atoms with van der Waals surface area (Å²) in [6.45, 7) is 3.14. The maximum Gasteiger partial charge on any atom is 0.345 e. The molecule has 3 heterocycles. The molecule has 0 atom stereocenters. The molecule has 120 valence electrons. The van der Waals surface area contributed by atoms with Gasteiger partial charge >= 0.3 is 5.97 Å². The zero-order valence-corrected chi connectivity index (χ0v) is 13.7. The van der Waals surface area contributed by atoms with Crippen molar-refractivity contribution in [3.05, 3.63) is 51.5 Å². The first-order valence-corrected chi connectivity index (χ1v) is 8.01. The highest BCUT2D eigenvalue weighted by molar-refractivity contribution is 7.12. The van der Waals surface area contributed by atoms with Gasteiger partial charge in [0, 0.05) is 31.9 Å². The van der Waals surface area contributed by atoms with Gasteiger partial charge in [-0.1, -0.05) is 0 Å². The summed E-state index contributed by atoms with van der Waals surface area (Å²) in [6.07, 6.45) is 1.95. The smallest absolute Gasteiger partial charge is 0.345 e. The van der Waals surface area contributed by atoms with Crippen molar-refractivity contribution in [3.63, 3.8) is 0 Å². The lowest BCUT2D eigenvalue weighted by Gasteiger charge is -2.02. The lowest BCUT2D eigenvalue weighted by atomic mass is 10.2. The third-order valence-electron chi connectivity index (χ3n) is 3.39. The van der Waals surface area contributed by atoms with Crippen LogP contribution in [0.2, 0.25) is 0 Å². The van der Waals surface area contributed by atoms with Gasteiger partial charge in [-0.2, -0.15) is 5.10 Å². The Bertz CT molecular complexity index is 831. The third-order valence-corrected chi connectivity index (χ3v) is 4.35. The van der Waals surface area contributed by atoms with Crippen LogP contribution in [-0.4, -0.2) is 20.9 Å². The summed E-state index contributed by atoms with van der Waals surface area (Å²) in [7, 11) is 1.88. The van der Waals surface area contributed by atoms with E-state index in [4.69, 9.17) is 9.52 Å². The summed E-state index contributed by atoms with van der Waals surface area (Å²) in [4.78, 5) is 11.2. The minimum Gasteiger partial charge on any atom is -0.477 e. The first-order valence-electron chi connectivity index (χ1n) is 7.13. The predicted molar refractivity (Wildman–Crippen MR) is 87.5 cm³/mol. The second-order valence-electron chi connectivity index (χ2n) is 5.31. The van der Waals surface area contributed by atoms with Gasteiger partial charge in [-0.05, 0) is 36.1 Å². The quantitative estimate of drug-likeness (QED) is 0.726. The molecule has 3 aromatic heterocycles. The maximum atomic E-state index is 10.9. The van der Waals surface area contributed by atoms with Crippen LogP contribution in [0.5, 0.6) is 0 Å². The van der Waals surface area contributed by atoms with E-state index < -0.39 is 5.97 Å². The monoisotopic (exact) mass is 331 g/mol. The van der Waals surface area contributed by atoms with Gasteiger partial charge in [-0.25, -0.2) is 4.79 Å². The summed E-state index contributed by atoms with van der Waals surface area (Å²) >= 11 is 1.24. The molecule has 0 unspecified atom stereocenters. The van der Waals surface area contributed by atoms with Crippen molar-refractivity contribution in [2.45, 2.75) is 20.0 Å². The van der Waals surface area contributed by atoms with E-state index in [2.05, 4.69) is 10.4 Å². The second kappa shape index (κ2) is 6.39. The molecule has 7 heteroatoms. The minimum atomic E-state index is -0.885. The Morgan fingerprint density at radius 1 is 1.43 bits per heavy atom. The standard InChI is InChI=1S/C16H17N3O3S/c1-10-3-4-13(22-10)15-12(8-19(2)18-15)7-17-6-11-5-14(16(20)21)23-9-11/h3-5,8-9,17H,6-7H2,1-2H3,(H,20,21). The van der Waals surface area contributed by atoms with Crippen LogP contribution in [0.3, 0.4) is 0 Å². The molecule has 0 spiro atoms. The van der Waals surface area contributed by atoms with Crippen molar-refractivity contribution in [1.29, 1.82) is 0 Å². The molecule has 0 aliphatic rings. The molecule has 0 bridgehead atoms. The largest absolute Gasteiger partial charge is 0.477 e. The summed E-state index contributed by atoms with van der Waals surface area (Å²) in [5, 5.41) is 18.6. The first kappa shape index (κ1) is 15.5. The summed E-state index contributed by atoms with van der Waals surface area (Å²) in [5.74, 6) is 0.719. The number of aromatic carboxylic acids is 1. The lowest BCUT2D eigenvalue weighted by molar-refractivity contribution is 0.0702. The molecular formula is C16H17N3O3S. The highest BCUT2D eigenvalue weighted by Crippen LogP contribution is 2.24. The van der Waals surface area contributed by atoms with Crippen LogP contribution in [0.4, 0.5) is 0 Å². The molecule has 0 aliphatic carbocycles. The van der Waals surface area contributed by atoms with E-state index in [0.717, 1.165) is 28.3 Å². The van der Waals surface area contributed by atoms with Gasteiger partial charge in [-0.15, -0.1) is 11.3 Å². The number of carboxylic acids is 1. The number of hydrogen-bond donors (Lipinski definition) is 2. The van der Waals surface area contributed by atoms with Crippen LogP contribution in [0.15, 0.2) is 34.2 Å². The number of carboxylic acid groups (broad SMARTS) is 1. The topological polar surface area (TPSA) is 80.3 Å². The molecule has 2 N–H and O–H groups in total. The lowest BCUT2D eigenvalue weighted by Crippen LogP contribution is -2.12. The molecule has 3 aromatic rings. The number of carbonyl (C=O) groups is 1. The highest BCUT2D eigenvalue weighted by atomic mass is 32.1. The number of hydrogen-bond acceptors (Lipinski definition) is 5. The Hall–Kier alpha value is -2.38. The van der Waals surface area contributed by atoms with E-state index in [-0.39, 0.29) is 0 Å². The van der Waals surface area contributed by atoms with Gasteiger partial charge in [0.25, 0.3) is 0 Å².